The molecule has 0 spiro atoms. The second kappa shape index (κ2) is 8.10. The van der Waals surface area contributed by atoms with E-state index in [9.17, 15) is 9.59 Å². The summed E-state index contributed by atoms with van der Waals surface area (Å²) < 4.78 is 0. The monoisotopic (exact) mass is 229 g/mol. The molecule has 0 aromatic heterocycles. The summed E-state index contributed by atoms with van der Waals surface area (Å²) in [6.07, 6.45) is 2.52. The molecule has 0 radical (unpaired) electrons. The van der Waals surface area contributed by atoms with Gasteiger partial charge in [-0.2, -0.15) is 0 Å². The summed E-state index contributed by atoms with van der Waals surface area (Å²) in [7, 11) is 3.31. The third kappa shape index (κ3) is 7.23. The summed E-state index contributed by atoms with van der Waals surface area (Å²) in [5, 5.41) is 2.52. The molecule has 0 bridgehead atoms. The fraction of sp³-hybridized carbons (Fsp3) is 0.818. The maximum absolute atomic E-state index is 11.6. The Bertz CT molecular complexity index is 229. The van der Waals surface area contributed by atoms with E-state index >= 15 is 0 Å². The molecule has 16 heavy (non-hydrogen) atoms. The number of rotatable bonds is 7. The predicted octanol–water partition coefficient (Wildman–Crippen LogP) is 0.0984. The summed E-state index contributed by atoms with van der Waals surface area (Å²) in [5.41, 5.74) is 5.59. The predicted molar refractivity (Wildman–Crippen MR) is 63.8 cm³/mol. The van der Waals surface area contributed by atoms with Crippen LogP contribution in [0.3, 0.4) is 0 Å². The molecule has 0 heterocycles. The number of carbonyl (C=O) groups excluding carboxylic acids is 2. The number of nitrogens with one attached hydrogen (secondary N) is 1. The van der Waals surface area contributed by atoms with Gasteiger partial charge in [-0.15, -0.1) is 0 Å². The van der Waals surface area contributed by atoms with Crippen LogP contribution in [0.5, 0.6) is 0 Å². The van der Waals surface area contributed by atoms with Crippen LogP contribution in [-0.4, -0.2) is 43.4 Å². The minimum atomic E-state index is -0.0461. The Labute approximate surface area is 97.4 Å². The molecule has 0 aliphatic heterocycles. The molecule has 5 heteroatoms. The molecular weight excluding hydrogens is 206 g/mol. The van der Waals surface area contributed by atoms with Gasteiger partial charge in [-0.05, 0) is 19.8 Å². The second-order valence-corrected chi connectivity index (χ2v) is 4.11. The van der Waals surface area contributed by atoms with Crippen LogP contribution in [0, 0.1) is 0 Å². The maximum Gasteiger partial charge on any atom is 0.222 e. The Balaban J connectivity index is 3.69. The van der Waals surface area contributed by atoms with E-state index in [0.717, 1.165) is 12.8 Å². The molecule has 0 rings (SSSR count). The van der Waals surface area contributed by atoms with Crippen molar-refractivity contribution in [2.24, 2.45) is 5.73 Å². The SMILES string of the molecule is CNC(=O)CCN(C)C(=O)CCCC(C)N. The lowest BCUT2D eigenvalue weighted by Gasteiger charge is -2.16. The van der Waals surface area contributed by atoms with E-state index in [1.807, 2.05) is 6.92 Å². The molecule has 0 saturated carbocycles. The first-order chi connectivity index (χ1) is 7.47. The van der Waals surface area contributed by atoms with Crippen LogP contribution in [-0.2, 0) is 9.59 Å². The zero-order valence-corrected chi connectivity index (χ0v) is 10.5. The van der Waals surface area contributed by atoms with Crippen LogP contribution in [0.2, 0.25) is 0 Å². The lowest BCUT2D eigenvalue weighted by atomic mass is 10.1. The molecule has 3 N–H and O–H groups in total. The van der Waals surface area contributed by atoms with Crippen molar-refractivity contribution in [2.75, 3.05) is 20.6 Å². The highest BCUT2D eigenvalue weighted by Crippen LogP contribution is 2.02. The average Bonchev–Trinajstić information content (AvgIpc) is 2.24. The fourth-order valence-corrected chi connectivity index (χ4v) is 1.29. The van der Waals surface area contributed by atoms with Gasteiger partial charge in [-0.25, -0.2) is 0 Å². The van der Waals surface area contributed by atoms with E-state index in [-0.39, 0.29) is 17.9 Å². The Morgan fingerprint density at radius 3 is 2.50 bits per heavy atom. The van der Waals surface area contributed by atoms with Gasteiger partial charge in [0.1, 0.15) is 0 Å². The van der Waals surface area contributed by atoms with Crippen molar-refractivity contribution in [2.45, 2.75) is 38.6 Å². The molecular formula is C11H23N3O2. The summed E-state index contributed by atoms with van der Waals surface area (Å²) >= 11 is 0. The van der Waals surface area contributed by atoms with Crippen molar-refractivity contribution in [1.82, 2.24) is 10.2 Å². The zero-order chi connectivity index (χ0) is 12.6. The van der Waals surface area contributed by atoms with E-state index in [0.29, 0.717) is 19.4 Å². The Hall–Kier alpha value is -1.10. The molecule has 5 nitrogen and oxygen atoms in total. The second-order valence-electron chi connectivity index (χ2n) is 4.11. The quantitative estimate of drug-likeness (QED) is 0.650. The molecule has 0 aromatic rings. The van der Waals surface area contributed by atoms with Gasteiger partial charge >= 0.3 is 0 Å². The number of amides is 2. The third-order valence-electron chi connectivity index (χ3n) is 2.43. The highest BCUT2D eigenvalue weighted by Gasteiger charge is 2.10. The molecule has 2 amide bonds. The Morgan fingerprint density at radius 2 is 2.00 bits per heavy atom. The molecule has 1 atom stereocenters. The highest BCUT2D eigenvalue weighted by molar-refractivity contribution is 5.78. The van der Waals surface area contributed by atoms with Crippen molar-refractivity contribution in [3.05, 3.63) is 0 Å². The van der Waals surface area contributed by atoms with Gasteiger partial charge < -0.3 is 16.0 Å². The lowest BCUT2D eigenvalue weighted by Crippen LogP contribution is -2.31. The number of hydrogen-bond donors (Lipinski definition) is 2. The van der Waals surface area contributed by atoms with Gasteiger partial charge in [0.15, 0.2) is 0 Å². The van der Waals surface area contributed by atoms with Crippen LogP contribution in [0.4, 0.5) is 0 Å². The van der Waals surface area contributed by atoms with Crippen LogP contribution in [0.15, 0.2) is 0 Å². The summed E-state index contributed by atoms with van der Waals surface area (Å²) in [4.78, 5) is 24.1. The van der Waals surface area contributed by atoms with Gasteiger partial charge in [0.2, 0.25) is 11.8 Å². The van der Waals surface area contributed by atoms with Crippen LogP contribution in [0.1, 0.15) is 32.6 Å². The summed E-state index contributed by atoms with van der Waals surface area (Å²) in [5.74, 6) is 0.0276. The lowest BCUT2D eigenvalue weighted by molar-refractivity contribution is -0.130. The largest absolute Gasteiger partial charge is 0.359 e. The minimum Gasteiger partial charge on any atom is -0.359 e. The third-order valence-corrected chi connectivity index (χ3v) is 2.43. The van der Waals surface area contributed by atoms with Crippen LogP contribution in [0.25, 0.3) is 0 Å². The molecule has 0 fully saturated rings. The van der Waals surface area contributed by atoms with Gasteiger partial charge in [0.25, 0.3) is 0 Å². The van der Waals surface area contributed by atoms with Crippen molar-refractivity contribution in [3.63, 3.8) is 0 Å². The Morgan fingerprint density at radius 1 is 1.38 bits per heavy atom. The topological polar surface area (TPSA) is 75.4 Å². The maximum atomic E-state index is 11.6. The van der Waals surface area contributed by atoms with Crippen LogP contribution < -0.4 is 11.1 Å². The summed E-state index contributed by atoms with van der Waals surface area (Å²) in [6.45, 7) is 2.40. The van der Waals surface area contributed by atoms with E-state index in [4.69, 9.17) is 5.73 Å². The van der Waals surface area contributed by atoms with E-state index in [1.165, 1.54) is 0 Å². The first-order valence-electron chi connectivity index (χ1n) is 5.67. The van der Waals surface area contributed by atoms with Crippen LogP contribution >= 0.6 is 0 Å². The molecule has 1 unspecified atom stereocenters. The number of hydrogen-bond acceptors (Lipinski definition) is 3. The molecule has 0 aromatic carbocycles. The van der Waals surface area contributed by atoms with Gasteiger partial charge in [0, 0.05) is 39.5 Å². The molecule has 0 saturated heterocycles. The van der Waals surface area contributed by atoms with Crippen molar-refractivity contribution >= 4 is 11.8 Å². The average molecular weight is 229 g/mol. The highest BCUT2D eigenvalue weighted by atomic mass is 16.2. The fourth-order valence-electron chi connectivity index (χ4n) is 1.29. The zero-order valence-electron chi connectivity index (χ0n) is 10.5. The van der Waals surface area contributed by atoms with Gasteiger partial charge in [-0.3, -0.25) is 9.59 Å². The first kappa shape index (κ1) is 14.9. The number of nitrogens with zero attached hydrogens (tertiary/aromatic N) is 1. The van der Waals surface area contributed by atoms with E-state index < -0.39 is 0 Å². The summed E-state index contributed by atoms with van der Waals surface area (Å²) in [6, 6.07) is 0.143. The van der Waals surface area contributed by atoms with Gasteiger partial charge in [-0.1, -0.05) is 0 Å². The smallest absolute Gasteiger partial charge is 0.222 e. The van der Waals surface area contributed by atoms with Crippen molar-refractivity contribution in [3.8, 4) is 0 Å². The van der Waals surface area contributed by atoms with E-state index in [2.05, 4.69) is 5.32 Å². The molecule has 0 aliphatic rings. The molecule has 94 valence electrons. The van der Waals surface area contributed by atoms with Gasteiger partial charge in [0.05, 0.1) is 0 Å². The molecule has 0 aliphatic carbocycles. The standard InChI is InChI=1S/C11H23N3O2/c1-9(12)5-4-6-11(16)14(3)8-7-10(15)13-2/h9H,4-8,12H2,1-3H3,(H,13,15). The Kier molecular flexibility index (Phi) is 7.54. The first-order valence-corrected chi connectivity index (χ1v) is 5.67. The minimum absolute atomic E-state index is 0.0461. The number of carbonyl (C=O) groups is 2. The van der Waals surface area contributed by atoms with Crippen molar-refractivity contribution in [1.29, 1.82) is 0 Å². The van der Waals surface area contributed by atoms with E-state index in [1.54, 1.807) is 19.0 Å². The number of nitrogens with two attached hydrogens (primary N) is 1. The normalized spacial score (nSPS) is 12.0. The van der Waals surface area contributed by atoms with Crippen molar-refractivity contribution < 1.29 is 9.59 Å².